The first-order chi connectivity index (χ1) is 5.75. The first kappa shape index (κ1) is 8.80. The van der Waals surface area contributed by atoms with Crippen molar-refractivity contribution in [3.63, 3.8) is 0 Å². The van der Waals surface area contributed by atoms with Gasteiger partial charge in [-0.3, -0.25) is 0 Å². The van der Waals surface area contributed by atoms with E-state index in [1.165, 1.54) is 6.07 Å². The summed E-state index contributed by atoms with van der Waals surface area (Å²) in [6, 6.07) is 4.56. The average molecular weight is 169 g/mol. The molecule has 66 valence electrons. The van der Waals surface area contributed by atoms with E-state index < -0.39 is 0 Å². The molecule has 0 atom stereocenters. The monoisotopic (exact) mass is 169 g/mol. The van der Waals surface area contributed by atoms with Crippen LogP contribution in [0.5, 0.6) is 0 Å². The lowest BCUT2D eigenvalue weighted by Gasteiger charge is -2.08. The molecule has 0 aliphatic heterocycles. The number of para-hydroxylation sites is 1. The fraction of sp³-hybridized carbons (Fsp3) is 0.250. The highest BCUT2D eigenvalue weighted by Crippen LogP contribution is 2.20. The molecule has 0 aliphatic rings. The second kappa shape index (κ2) is 3.92. The molecule has 0 fully saturated rings. The third-order valence-corrected chi connectivity index (χ3v) is 1.49. The molecule has 0 saturated carbocycles. The van der Waals surface area contributed by atoms with Crippen molar-refractivity contribution in [1.82, 2.24) is 0 Å². The van der Waals surface area contributed by atoms with Gasteiger partial charge in [0.2, 0.25) is 0 Å². The molecule has 0 radical (unpaired) electrons. The Bertz CT molecular complexity index is 242. The topological polar surface area (TPSA) is 64.1 Å². The Morgan fingerprint density at radius 2 is 2.17 bits per heavy atom. The van der Waals surface area contributed by atoms with Gasteiger partial charge < -0.3 is 16.8 Å². The summed E-state index contributed by atoms with van der Waals surface area (Å²) in [7, 11) is 0. The molecule has 0 aliphatic carbocycles. The van der Waals surface area contributed by atoms with Gasteiger partial charge in [-0.1, -0.05) is 6.07 Å². The number of anilines is 2. The summed E-state index contributed by atoms with van der Waals surface area (Å²) in [5, 5.41) is 2.81. The van der Waals surface area contributed by atoms with Crippen LogP contribution < -0.4 is 16.8 Å². The molecule has 0 unspecified atom stereocenters. The number of hydrogen-bond acceptors (Lipinski definition) is 3. The van der Waals surface area contributed by atoms with E-state index in [9.17, 15) is 4.39 Å². The van der Waals surface area contributed by atoms with Gasteiger partial charge in [-0.05, 0) is 12.1 Å². The number of nitrogens with one attached hydrogen (secondary N) is 1. The minimum Gasteiger partial charge on any atom is -0.397 e. The highest BCUT2D eigenvalue weighted by Gasteiger charge is 2.03. The molecule has 4 heteroatoms. The van der Waals surface area contributed by atoms with Gasteiger partial charge in [-0.2, -0.15) is 0 Å². The van der Waals surface area contributed by atoms with E-state index in [2.05, 4.69) is 5.32 Å². The zero-order valence-electron chi connectivity index (χ0n) is 6.68. The molecule has 0 saturated heterocycles. The molecule has 1 aromatic rings. The third-order valence-electron chi connectivity index (χ3n) is 1.49. The van der Waals surface area contributed by atoms with Gasteiger partial charge in [-0.15, -0.1) is 0 Å². The molecular weight excluding hydrogens is 157 g/mol. The van der Waals surface area contributed by atoms with E-state index in [-0.39, 0.29) is 5.82 Å². The van der Waals surface area contributed by atoms with Crippen LogP contribution in [-0.2, 0) is 0 Å². The van der Waals surface area contributed by atoms with Crippen LogP contribution >= 0.6 is 0 Å². The van der Waals surface area contributed by atoms with Crippen LogP contribution in [0.4, 0.5) is 15.8 Å². The predicted octanol–water partition coefficient (Wildman–Crippen LogP) is 0.778. The summed E-state index contributed by atoms with van der Waals surface area (Å²) in [6.07, 6.45) is 0. The fourth-order valence-electron chi connectivity index (χ4n) is 0.924. The summed E-state index contributed by atoms with van der Waals surface area (Å²) >= 11 is 0. The lowest BCUT2D eigenvalue weighted by atomic mass is 10.2. The lowest BCUT2D eigenvalue weighted by Crippen LogP contribution is -2.14. The SMILES string of the molecule is NCCNc1c(N)cccc1F. The Morgan fingerprint density at radius 1 is 1.42 bits per heavy atom. The number of hydrogen-bond donors (Lipinski definition) is 3. The first-order valence-corrected chi connectivity index (χ1v) is 3.73. The molecule has 0 aromatic heterocycles. The Labute approximate surface area is 70.6 Å². The minimum absolute atomic E-state index is 0.336. The molecular formula is C8H12FN3. The zero-order valence-corrected chi connectivity index (χ0v) is 6.68. The van der Waals surface area contributed by atoms with Crippen LogP contribution in [0.3, 0.4) is 0 Å². The smallest absolute Gasteiger partial charge is 0.148 e. The predicted molar refractivity (Wildman–Crippen MR) is 48.4 cm³/mol. The van der Waals surface area contributed by atoms with Crippen LogP contribution in [0.1, 0.15) is 0 Å². The van der Waals surface area contributed by atoms with Gasteiger partial charge in [0.1, 0.15) is 5.82 Å². The van der Waals surface area contributed by atoms with Crippen molar-refractivity contribution in [3.05, 3.63) is 24.0 Å². The van der Waals surface area contributed by atoms with Crippen molar-refractivity contribution in [2.45, 2.75) is 0 Å². The largest absolute Gasteiger partial charge is 0.397 e. The number of benzene rings is 1. The van der Waals surface area contributed by atoms with Crippen molar-refractivity contribution in [3.8, 4) is 0 Å². The van der Waals surface area contributed by atoms with E-state index >= 15 is 0 Å². The molecule has 5 N–H and O–H groups in total. The van der Waals surface area contributed by atoms with E-state index in [0.717, 1.165) is 0 Å². The zero-order chi connectivity index (χ0) is 8.97. The third kappa shape index (κ3) is 1.85. The molecule has 0 heterocycles. The Morgan fingerprint density at radius 3 is 2.75 bits per heavy atom. The van der Waals surface area contributed by atoms with Gasteiger partial charge in [0, 0.05) is 13.1 Å². The standard InChI is InChI=1S/C8H12FN3/c9-6-2-1-3-7(11)8(6)12-5-4-10/h1-3,12H,4-5,10-11H2. The Hall–Kier alpha value is -1.29. The van der Waals surface area contributed by atoms with E-state index in [1.807, 2.05) is 0 Å². The number of halogens is 1. The summed E-state index contributed by atoms with van der Waals surface area (Å²) in [6.45, 7) is 0.971. The van der Waals surface area contributed by atoms with Gasteiger partial charge in [0.05, 0.1) is 11.4 Å². The molecule has 0 spiro atoms. The van der Waals surface area contributed by atoms with Gasteiger partial charge in [-0.25, -0.2) is 4.39 Å². The van der Waals surface area contributed by atoms with E-state index in [0.29, 0.717) is 24.5 Å². The van der Waals surface area contributed by atoms with Gasteiger partial charge in [0.25, 0.3) is 0 Å². The molecule has 3 nitrogen and oxygen atoms in total. The maximum atomic E-state index is 13.0. The number of rotatable bonds is 3. The van der Waals surface area contributed by atoms with Gasteiger partial charge in [0.15, 0.2) is 0 Å². The van der Waals surface area contributed by atoms with Crippen LogP contribution in [0.25, 0.3) is 0 Å². The Kier molecular flexibility index (Phi) is 2.88. The quantitative estimate of drug-likeness (QED) is 0.586. The molecule has 1 aromatic carbocycles. The number of nitrogen functional groups attached to an aromatic ring is 1. The highest BCUT2D eigenvalue weighted by molar-refractivity contribution is 5.66. The fourth-order valence-corrected chi connectivity index (χ4v) is 0.924. The summed E-state index contributed by atoms with van der Waals surface area (Å²) in [5.41, 5.74) is 11.5. The second-order valence-corrected chi connectivity index (χ2v) is 2.42. The highest BCUT2D eigenvalue weighted by atomic mass is 19.1. The van der Waals surface area contributed by atoms with Crippen molar-refractivity contribution in [2.75, 3.05) is 24.1 Å². The Balaban J connectivity index is 2.81. The van der Waals surface area contributed by atoms with E-state index in [4.69, 9.17) is 11.5 Å². The van der Waals surface area contributed by atoms with Crippen molar-refractivity contribution >= 4 is 11.4 Å². The summed E-state index contributed by atoms with van der Waals surface area (Å²) < 4.78 is 13.0. The molecule has 0 bridgehead atoms. The number of nitrogens with two attached hydrogens (primary N) is 2. The summed E-state index contributed by atoms with van der Waals surface area (Å²) in [5.74, 6) is -0.344. The van der Waals surface area contributed by atoms with Crippen LogP contribution in [0.15, 0.2) is 18.2 Å². The van der Waals surface area contributed by atoms with Crippen LogP contribution in [-0.4, -0.2) is 13.1 Å². The van der Waals surface area contributed by atoms with Crippen molar-refractivity contribution < 1.29 is 4.39 Å². The maximum Gasteiger partial charge on any atom is 0.148 e. The average Bonchev–Trinajstić information content (AvgIpc) is 2.04. The normalized spacial score (nSPS) is 9.83. The maximum absolute atomic E-state index is 13.0. The van der Waals surface area contributed by atoms with Gasteiger partial charge >= 0.3 is 0 Å². The molecule has 0 amide bonds. The van der Waals surface area contributed by atoms with Crippen molar-refractivity contribution in [2.24, 2.45) is 5.73 Å². The molecule has 1 rings (SSSR count). The first-order valence-electron chi connectivity index (χ1n) is 3.73. The second-order valence-electron chi connectivity index (χ2n) is 2.42. The van der Waals surface area contributed by atoms with E-state index in [1.54, 1.807) is 12.1 Å². The van der Waals surface area contributed by atoms with Crippen molar-refractivity contribution in [1.29, 1.82) is 0 Å². The summed E-state index contributed by atoms with van der Waals surface area (Å²) in [4.78, 5) is 0. The minimum atomic E-state index is -0.344. The molecule has 12 heavy (non-hydrogen) atoms. The lowest BCUT2D eigenvalue weighted by molar-refractivity contribution is 0.631. The van der Waals surface area contributed by atoms with Crippen LogP contribution in [0, 0.1) is 5.82 Å². The van der Waals surface area contributed by atoms with Crippen LogP contribution in [0.2, 0.25) is 0 Å².